The molecule has 1 atom stereocenters. The molecule has 2 heterocycles. The van der Waals surface area contributed by atoms with Crippen LogP contribution in [0.25, 0.3) is 15.9 Å². The number of para-hydroxylation sites is 1. The van der Waals surface area contributed by atoms with Crippen molar-refractivity contribution in [1.29, 1.82) is 0 Å². The van der Waals surface area contributed by atoms with Crippen LogP contribution in [-0.2, 0) is 4.79 Å². The number of nitrogens with zero attached hydrogens (tertiary/aromatic N) is 5. The summed E-state index contributed by atoms with van der Waals surface area (Å²) in [6, 6.07) is 15.3. The van der Waals surface area contributed by atoms with Crippen LogP contribution in [0.4, 0.5) is 0 Å². The van der Waals surface area contributed by atoms with Crippen molar-refractivity contribution in [3.8, 4) is 5.69 Å². The van der Waals surface area contributed by atoms with E-state index in [0.717, 1.165) is 20.9 Å². The monoisotopic (exact) mass is 443 g/mol. The van der Waals surface area contributed by atoms with E-state index in [2.05, 4.69) is 15.2 Å². The van der Waals surface area contributed by atoms with Crippen molar-refractivity contribution in [1.82, 2.24) is 24.6 Å². The molecule has 2 aromatic heterocycles. The highest BCUT2D eigenvalue weighted by atomic mass is 35.5. The standard InChI is InChI=1S/C20H18ClN5OS2/c1-13(19-23-16-8-3-4-9-17(16)29-19)25(2)18(27)11-28-20-24-22-12-26(20)15-7-5-6-14(21)10-15/h3-10,12-13H,11H2,1-2H3. The molecule has 0 aliphatic carbocycles. The average molecular weight is 444 g/mol. The first kappa shape index (κ1) is 19.9. The van der Waals surface area contributed by atoms with Crippen molar-refractivity contribution >= 4 is 50.8 Å². The molecule has 0 fully saturated rings. The summed E-state index contributed by atoms with van der Waals surface area (Å²) >= 11 is 9.04. The van der Waals surface area contributed by atoms with E-state index < -0.39 is 0 Å². The lowest BCUT2D eigenvalue weighted by atomic mass is 10.3. The van der Waals surface area contributed by atoms with Gasteiger partial charge in [-0.05, 0) is 37.3 Å². The number of halogens is 1. The Morgan fingerprint density at radius 2 is 2.10 bits per heavy atom. The van der Waals surface area contributed by atoms with Crippen molar-refractivity contribution in [3.63, 3.8) is 0 Å². The Hall–Kier alpha value is -2.42. The molecular formula is C20H18ClN5OS2. The van der Waals surface area contributed by atoms with Gasteiger partial charge in [0, 0.05) is 12.1 Å². The van der Waals surface area contributed by atoms with Gasteiger partial charge in [-0.15, -0.1) is 21.5 Å². The first-order chi connectivity index (χ1) is 14.0. The van der Waals surface area contributed by atoms with Gasteiger partial charge in [0.05, 0.1) is 27.7 Å². The number of benzene rings is 2. The highest BCUT2D eigenvalue weighted by Gasteiger charge is 2.21. The van der Waals surface area contributed by atoms with E-state index >= 15 is 0 Å². The van der Waals surface area contributed by atoms with Crippen LogP contribution in [0.15, 0.2) is 60.0 Å². The number of aromatic nitrogens is 4. The molecule has 9 heteroatoms. The molecule has 0 bridgehead atoms. The Morgan fingerprint density at radius 1 is 1.28 bits per heavy atom. The lowest BCUT2D eigenvalue weighted by Crippen LogP contribution is -2.31. The predicted octanol–water partition coefficient (Wildman–Crippen LogP) is 4.84. The van der Waals surface area contributed by atoms with Crippen molar-refractivity contribution < 1.29 is 4.79 Å². The van der Waals surface area contributed by atoms with E-state index in [9.17, 15) is 4.79 Å². The van der Waals surface area contributed by atoms with Gasteiger partial charge in [0.15, 0.2) is 5.16 Å². The zero-order valence-electron chi connectivity index (χ0n) is 15.8. The summed E-state index contributed by atoms with van der Waals surface area (Å²) in [6.07, 6.45) is 1.62. The van der Waals surface area contributed by atoms with Crippen LogP contribution < -0.4 is 0 Å². The van der Waals surface area contributed by atoms with E-state index in [0.29, 0.717) is 10.2 Å². The predicted molar refractivity (Wildman–Crippen MR) is 118 cm³/mol. The SMILES string of the molecule is CC(c1nc2ccccc2s1)N(C)C(=O)CSc1nncn1-c1cccc(Cl)c1. The summed E-state index contributed by atoms with van der Waals surface area (Å²) in [5.74, 6) is 0.257. The van der Waals surface area contributed by atoms with Crippen LogP contribution in [-0.4, -0.2) is 43.4 Å². The molecule has 2 aromatic carbocycles. The second kappa shape index (κ2) is 8.52. The molecule has 0 saturated heterocycles. The number of hydrogen-bond acceptors (Lipinski definition) is 6. The van der Waals surface area contributed by atoms with Gasteiger partial charge in [-0.3, -0.25) is 9.36 Å². The Labute approximate surface area is 181 Å². The van der Waals surface area contributed by atoms with Crippen LogP contribution in [0.5, 0.6) is 0 Å². The molecule has 0 N–H and O–H groups in total. The van der Waals surface area contributed by atoms with E-state index in [-0.39, 0.29) is 17.7 Å². The smallest absolute Gasteiger partial charge is 0.233 e. The number of carbonyl (C=O) groups excluding carboxylic acids is 1. The van der Waals surface area contributed by atoms with Gasteiger partial charge in [0.25, 0.3) is 0 Å². The molecular weight excluding hydrogens is 426 g/mol. The number of amides is 1. The Kier molecular flexibility index (Phi) is 5.84. The third-order valence-corrected chi connectivity index (χ3v) is 6.94. The third-order valence-electron chi connectivity index (χ3n) is 4.57. The van der Waals surface area contributed by atoms with Gasteiger partial charge in [0.1, 0.15) is 11.3 Å². The maximum absolute atomic E-state index is 12.8. The second-order valence-corrected chi connectivity index (χ2v) is 8.89. The quantitative estimate of drug-likeness (QED) is 0.399. The minimum atomic E-state index is -0.105. The number of rotatable bonds is 6. The fraction of sp³-hybridized carbons (Fsp3) is 0.200. The van der Waals surface area contributed by atoms with Crippen LogP contribution in [0.2, 0.25) is 5.02 Å². The number of thioether (sulfide) groups is 1. The molecule has 4 aromatic rings. The Morgan fingerprint density at radius 3 is 2.90 bits per heavy atom. The third kappa shape index (κ3) is 4.29. The zero-order chi connectivity index (χ0) is 20.4. The van der Waals surface area contributed by atoms with E-state index in [1.807, 2.05) is 60.0 Å². The summed E-state index contributed by atoms with van der Waals surface area (Å²) < 4.78 is 2.94. The summed E-state index contributed by atoms with van der Waals surface area (Å²) in [5.41, 5.74) is 1.82. The molecule has 6 nitrogen and oxygen atoms in total. The fourth-order valence-electron chi connectivity index (χ4n) is 2.80. The van der Waals surface area contributed by atoms with Crippen LogP contribution in [0.3, 0.4) is 0 Å². The highest BCUT2D eigenvalue weighted by molar-refractivity contribution is 7.99. The largest absolute Gasteiger partial charge is 0.336 e. The lowest BCUT2D eigenvalue weighted by Gasteiger charge is -2.23. The second-order valence-electron chi connectivity index (χ2n) is 6.45. The maximum atomic E-state index is 12.8. The fourth-order valence-corrected chi connectivity index (χ4v) is 4.90. The number of fused-ring (bicyclic) bond motifs is 1. The van der Waals surface area contributed by atoms with Gasteiger partial charge in [0.2, 0.25) is 5.91 Å². The molecule has 0 spiro atoms. The van der Waals surface area contributed by atoms with Gasteiger partial charge < -0.3 is 4.90 Å². The van der Waals surface area contributed by atoms with Crippen LogP contribution >= 0.6 is 34.7 Å². The van der Waals surface area contributed by atoms with Crippen molar-refractivity contribution in [2.75, 3.05) is 12.8 Å². The molecule has 148 valence electrons. The summed E-state index contributed by atoms with van der Waals surface area (Å²) in [6.45, 7) is 1.99. The molecule has 4 rings (SSSR count). The molecule has 0 aliphatic rings. The van der Waals surface area contributed by atoms with Crippen molar-refractivity contribution in [3.05, 3.63) is 64.9 Å². The van der Waals surface area contributed by atoms with Gasteiger partial charge >= 0.3 is 0 Å². The molecule has 1 amide bonds. The lowest BCUT2D eigenvalue weighted by molar-refractivity contribution is -0.128. The van der Waals surface area contributed by atoms with Crippen LogP contribution in [0.1, 0.15) is 18.0 Å². The van der Waals surface area contributed by atoms with Gasteiger partial charge in [-0.25, -0.2) is 4.98 Å². The number of carbonyl (C=O) groups is 1. The first-order valence-corrected chi connectivity index (χ1v) is 11.1. The minimum Gasteiger partial charge on any atom is -0.336 e. The molecule has 1 unspecified atom stereocenters. The summed E-state index contributed by atoms with van der Waals surface area (Å²) in [7, 11) is 1.81. The summed E-state index contributed by atoms with van der Waals surface area (Å²) in [4.78, 5) is 19.2. The molecule has 29 heavy (non-hydrogen) atoms. The van der Waals surface area contributed by atoms with Crippen molar-refractivity contribution in [2.24, 2.45) is 0 Å². The minimum absolute atomic E-state index is 0.00222. The molecule has 0 radical (unpaired) electrons. The molecule has 0 saturated carbocycles. The number of hydrogen-bond donors (Lipinski definition) is 0. The average Bonchev–Trinajstić information content (AvgIpc) is 3.37. The topological polar surface area (TPSA) is 63.9 Å². The van der Waals surface area contributed by atoms with E-state index in [4.69, 9.17) is 11.6 Å². The zero-order valence-corrected chi connectivity index (χ0v) is 18.2. The Bertz CT molecular complexity index is 1130. The van der Waals surface area contributed by atoms with Gasteiger partial charge in [-0.1, -0.05) is 41.6 Å². The van der Waals surface area contributed by atoms with E-state index in [1.54, 1.807) is 29.6 Å². The molecule has 0 aliphatic heterocycles. The van der Waals surface area contributed by atoms with Crippen molar-refractivity contribution in [2.45, 2.75) is 18.1 Å². The van der Waals surface area contributed by atoms with Crippen LogP contribution in [0, 0.1) is 0 Å². The normalized spacial score (nSPS) is 12.2. The first-order valence-electron chi connectivity index (χ1n) is 8.93. The highest BCUT2D eigenvalue weighted by Crippen LogP contribution is 2.29. The Balaban J connectivity index is 1.44. The van der Waals surface area contributed by atoms with E-state index in [1.165, 1.54) is 11.8 Å². The van der Waals surface area contributed by atoms with Gasteiger partial charge in [-0.2, -0.15) is 0 Å². The summed E-state index contributed by atoms with van der Waals surface area (Å²) in [5, 5.41) is 10.3. The number of thiazole rings is 1. The maximum Gasteiger partial charge on any atom is 0.233 e.